The van der Waals surface area contributed by atoms with E-state index in [1.165, 1.54) is 6.20 Å². The van der Waals surface area contributed by atoms with Crippen molar-refractivity contribution in [2.24, 2.45) is 0 Å². The third-order valence-electron chi connectivity index (χ3n) is 2.21. The largest absolute Gasteiger partial charge is 0.478 e. The van der Waals surface area contributed by atoms with Crippen molar-refractivity contribution in [2.45, 2.75) is 13.8 Å². The molecule has 2 aromatic rings. The van der Waals surface area contributed by atoms with Crippen molar-refractivity contribution in [3.63, 3.8) is 0 Å². The first-order valence-electron chi connectivity index (χ1n) is 4.28. The third-order valence-corrected chi connectivity index (χ3v) is 2.21. The molecule has 72 valence electrons. The number of carbonyl (C=O) groups is 1. The Bertz CT molecular complexity index is 514. The molecule has 0 fully saturated rings. The lowest BCUT2D eigenvalue weighted by Gasteiger charge is -1.98. The predicted octanol–water partition coefficient (Wildman–Crippen LogP) is 1.88. The summed E-state index contributed by atoms with van der Waals surface area (Å²) >= 11 is 0. The van der Waals surface area contributed by atoms with Crippen LogP contribution in [0, 0.1) is 13.8 Å². The van der Waals surface area contributed by atoms with E-state index in [0.717, 1.165) is 22.3 Å². The number of rotatable bonds is 1. The fourth-order valence-electron chi connectivity index (χ4n) is 1.62. The average Bonchev–Trinajstić information content (AvgIpc) is 2.47. The molecule has 0 saturated carbocycles. The van der Waals surface area contributed by atoms with E-state index < -0.39 is 5.97 Å². The fourth-order valence-corrected chi connectivity index (χ4v) is 1.62. The van der Waals surface area contributed by atoms with E-state index in [1.807, 2.05) is 13.8 Å². The van der Waals surface area contributed by atoms with E-state index in [9.17, 15) is 4.79 Å². The van der Waals surface area contributed by atoms with Crippen molar-refractivity contribution in [1.82, 2.24) is 9.97 Å². The minimum atomic E-state index is -0.916. The van der Waals surface area contributed by atoms with Crippen LogP contribution in [0.1, 0.15) is 21.7 Å². The molecule has 2 rings (SSSR count). The zero-order chi connectivity index (χ0) is 10.3. The molecule has 0 aliphatic carbocycles. The monoisotopic (exact) mass is 190 g/mol. The van der Waals surface area contributed by atoms with Crippen LogP contribution in [0.25, 0.3) is 10.9 Å². The summed E-state index contributed by atoms with van der Waals surface area (Å²) in [4.78, 5) is 18.0. The summed E-state index contributed by atoms with van der Waals surface area (Å²) < 4.78 is 0. The van der Waals surface area contributed by atoms with Gasteiger partial charge in [0, 0.05) is 17.3 Å². The highest BCUT2D eigenvalue weighted by atomic mass is 16.4. The molecule has 0 aliphatic rings. The molecule has 2 N–H and O–H groups in total. The van der Waals surface area contributed by atoms with Crippen LogP contribution in [0.15, 0.2) is 12.3 Å². The number of fused-ring (bicyclic) bond motifs is 1. The van der Waals surface area contributed by atoms with Crippen LogP contribution in [-0.2, 0) is 0 Å². The van der Waals surface area contributed by atoms with Gasteiger partial charge >= 0.3 is 5.97 Å². The number of aromatic nitrogens is 2. The Kier molecular flexibility index (Phi) is 1.77. The van der Waals surface area contributed by atoms with E-state index in [1.54, 1.807) is 6.07 Å². The molecule has 2 aromatic heterocycles. The Morgan fingerprint density at radius 3 is 2.86 bits per heavy atom. The lowest BCUT2D eigenvalue weighted by atomic mass is 10.1. The summed E-state index contributed by atoms with van der Waals surface area (Å²) in [5.74, 6) is -0.916. The van der Waals surface area contributed by atoms with Crippen molar-refractivity contribution < 1.29 is 9.90 Å². The number of pyridine rings is 1. The fraction of sp³-hybridized carbons (Fsp3) is 0.200. The van der Waals surface area contributed by atoms with Gasteiger partial charge in [0.25, 0.3) is 0 Å². The molecule has 0 atom stereocenters. The maximum atomic E-state index is 10.9. The van der Waals surface area contributed by atoms with Crippen LogP contribution in [0.3, 0.4) is 0 Å². The topological polar surface area (TPSA) is 66.0 Å². The number of carboxylic acids is 1. The normalized spacial score (nSPS) is 10.7. The third kappa shape index (κ3) is 1.16. The maximum Gasteiger partial charge on any atom is 0.337 e. The number of H-pyrrole nitrogens is 1. The molecule has 0 radical (unpaired) electrons. The van der Waals surface area contributed by atoms with Crippen molar-refractivity contribution in [3.8, 4) is 0 Å². The summed E-state index contributed by atoms with van der Waals surface area (Å²) in [5, 5.41) is 9.64. The molecule has 4 nitrogen and oxygen atoms in total. The Morgan fingerprint density at radius 1 is 1.50 bits per heavy atom. The lowest BCUT2D eigenvalue weighted by Crippen LogP contribution is -1.94. The SMILES string of the molecule is Cc1cc2c(C(=O)O)c[nH]c2c(C)n1. The van der Waals surface area contributed by atoms with Crippen molar-refractivity contribution in [3.05, 3.63) is 29.2 Å². The highest BCUT2D eigenvalue weighted by Gasteiger charge is 2.12. The Labute approximate surface area is 80.6 Å². The van der Waals surface area contributed by atoms with Gasteiger partial charge in [0.2, 0.25) is 0 Å². The molecule has 0 unspecified atom stereocenters. The minimum Gasteiger partial charge on any atom is -0.478 e. The van der Waals surface area contributed by atoms with Gasteiger partial charge in [-0.2, -0.15) is 0 Å². The van der Waals surface area contributed by atoms with Gasteiger partial charge in [-0.05, 0) is 19.9 Å². The number of aromatic carboxylic acids is 1. The molecule has 0 saturated heterocycles. The van der Waals surface area contributed by atoms with Gasteiger partial charge in [0.05, 0.1) is 16.8 Å². The van der Waals surface area contributed by atoms with E-state index in [0.29, 0.717) is 5.56 Å². The van der Waals surface area contributed by atoms with E-state index in [2.05, 4.69) is 9.97 Å². The van der Waals surface area contributed by atoms with Crippen LogP contribution in [0.5, 0.6) is 0 Å². The number of hydrogen-bond acceptors (Lipinski definition) is 2. The summed E-state index contributed by atoms with van der Waals surface area (Å²) in [6.45, 7) is 3.71. The van der Waals surface area contributed by atoms with Gasteiger partial charge in [-0.15, -0.1) is 0 Å². The highest BCUT2D eigenvalue weighted by Crippen LogP contribution is 2.20. The molecular formula is C10H10N2O2. The standard InChI is InChI=1S/C10H10N2O2/c1-5-3-7-8(10(13)14)4-11-9(7)6(2)12-5/h3-4,11H,1-2H3,(H,13,14). The minimum absolute atomic E-state index is 0.300. The average molecular weight is 190 g/mol. The van der Waals surface area contributed by atoms with Crippen molar-refractivity contribution >= 4 is 16.9 Å². The van der Waals surface area contributed by atoms with Crippen molar-refractivity contribution in [2.75, 3.05) is 0 Å². The molecular weight excluding hydrogens is 180 g/mol. The van der Waals surface area contributed by atoms with E-state index in [4.69, 9.17) is 5.11 Å². The van der Waals surface area contributed by atoms with Gasteiger partial charge in [0.15, 0.2) is 0 Å². The summed E-state index contributed by atoms with van der Waals surface area (Å²) in [6, 6.07) is 1.78. The zero-order valence-corrected chi connectivity index (χ0v) is 7.96. The van der Waals surface area contributed by atoms with Gasteiger partial charge in [-0.1, -0.05) is 0 Å². The smallest absolute Gasteiger partial charge is 0.337 e. The van der Waals surface area contributed by atoms with Crippen molar-refractivity contribution in [1.29, 1.82) is 0 Å². The van der Waals surface area contributed by atoms with Crippen LogP contribution < -0.4 is 0 Å². The quantitative estimate of drug-likeness (QED) is 0.721. The predicted molar refractivity (Wildman–Crippen MR) is 52.5 cm³/mol. The molecule has 0 aromatic carbocycles. The molecule has 0 aliphatic heterocycles. The Morgan fingerprint density at radius 2 is 2.21 bits per heavy atom. The molecule has 2 heterocycles. The first-order chi connectivity index (χ1) is 6.59. The number of aromatic amines is 1. The van der Waals surface area contributed by atoms with Gasteiger partial charge in [-0.25, -0.2) is 4.79 Å². The highest BCUT2D eigenvalue weighted by molar-refractivity contribution is 6.03. The molecule has 0 spiro atoms. The first kappa shape index (κ1) is 8.74. The first-order valence-corrected chi connectivity index (χ1v) is 4.28. The van der Waals surface area contributed by atoms with E-state index >= 15 is 0 Å². The second-order valence-corrected chi connectivity index (χ2v) is 3.28. The molecule has 0 bridgehead atoms. The van der Waals surface area contributed by atoms with Crippen LogP contribution in [0.2, 0.25) is 0 Å². The summed E-state index contributed by atoms with van der Waals surface area (Å²) in [5.41, 5.74) is 2.76. The number of aryl methyl sites for hydroxylation is 2. The van der Waals surface area contributed by atoms with Crippen LogP contribution >= 0.6 is 0 Å². The number of nitrogens with one attached hydrogen (secondary N) is 1. The summed E-state index contributed by atoms with van der Waals surface area (Å²) in [7, 11) is 0. The second-order valence-electron chi connectivity index (χ2n) is 3.28. The van der Waals surface area contributed by atoms with Gasteiger partial charge < -0.3 is 10.1 Å². The van der Waals surface area contributed by atoms with Gasteiger partial charge in [-0.3, -0.25) is 4.98 Å². The molecule has 0 amide bonds. The van der Waals surface area contributed by atoms with E-state index in [-0.39, 0.29) is 0 Å². The number of hydrogen-bond donors (Lipinski definition) is 2. The van der Waals surface area contributed by atoms with Crippen LogP contribution in [-0.4, -0.2) is 21.0 Å². The Hall–Kier alpha value is -1.84. The zero-order valence-electron chi connectivity index (χ0n) is 7.96. The van der Waals surface area contributed by atoms with Crippen LogP contribution in [0.4, 0.5) is 0 Å². The lowest BCUT2D eigenvalue weighted by molar-refractivity contribution is 0.0699. The number of carboxylic acid groups (broad SMARTS) is 1. The molecule has 14 heavy (non-hydrogen) atoms. The Balaban J connectivity index is 2.85. The second kappa shape index (κ2) is 2.83. The maximum absolute atomic E-state index is 10.9. The molecule has 4 heteroatoms. The van der Waals surface area contributed by atoms with Gasteiger partial charge in [0.1, 0.15) is 0 Å². The summed E-state index contributed by atoms with van der Waals surface area (Å²) in [6.07, 6.45) is 1.50. The number of nitrogens with zero attached hydrogens (tertiary/aromatic N) is 1.